The maximum Gasteiger partial charge on any atom is 0.265 e. The second-order valence-corrected chi connectivity index (χ2v) is 12.2. The number of hydrogen-bond donors (Lipinski definition) is 1. The van der Waals surface area contributed by atoms with Crippen molar-refractivity contribution in [1.29, 1.82) is 5.26 Å². The summed E-state index contributed by atoms with van der Waals surface area (Å²) in [7, 11) is -4.17. The topological polar surface area (TPSA) is 113 Å². The standard InChI is InChI=1S/C33H42N6O3S/c1-5-8-9-10-11-15-20-42-24-31-35-33-29(23-34)32(43(40,41)37-27-16-13-12-14-17-27)30(39(33)36-31)22-26-18-19-28(21-25(26)4)38(6-2)7-3/h12-14,16-19,21-22,37H,5-11,15,20,24H2,1-4H3. The number of benzene rings is 2. The summed E-state index contributed by atoms with van der Waals surface area (Å²) >= 11 is 0. The third-order valence-electron chi connectivity index (χ3n) is 7.52. The van der Waals surface area contributed by atoms with Crippen LogP contribution >= 0.6 is 0 Å². The fourth-order valence-corrected chi connectivity index (χ4v) is 6.56. The molecule has 0 saturated heterocycles. The Labute approximate surface area is 255 Å². The zero-order valence-corrected chi connectivity index (χ0v) is 26.5. The summed E-state index contributed by atoms with van der Waals surface area (Å²) in [6.45, 7) is 11.0. The van der Waals surface area contributed by atoms with Crippen molar-refractivity contribution in [2.24, 2.45) is 0 Å². The van der Waals surface area contributed by atoms with Gasteiger partial charge in [-0.3, -0.25) is 4.72 Å². The van der Waals surface area contributed by atoms with E-state index in [1.54, 1.807) is 36.4 Å². The van der Waals surface area contributed by atoms with Crippen molar-refractivity contribution >= 4 is 33.1 Å². The molecule has 2 heterocycles. The number of ether oxygens (including phenoxy) is 1. The number of nitrogens with zero attached hydrogens (tertiary/aromatic N) is 5. The molecule has 10 heteroatoms. The van der Waals surface area contributed by atoms with Gasteiger partial charge >= 0.3 is 0 Å². The van der Waals surface area contributed by atoms with E-state index in [9.17, 15) is 13.7 Å². The molecule has 0 atom stereocenters. The fraction of sp³-hybridized carbons (Fsp3) is 0.424. The normalized spacial score (nSPS) is 12.1. The van der Waals surface area contributed by atoms with E-state index in [-0.39, 0.29) is 28.1 Å². The van der Waals surface area contributed by atoms with Crippen LogP contribution in [0.2, 0.25) is 0 Å². The molecule has 2 aromatic heterocycles. The smallest absolute Gasteiger partial charge is 0.265 e. The van der Waals surface area contributed by atoms with E-state index in [0.29, 0.717) is 18.1 Å². The molecule has 0 aliphatic heterocycles. The molecule has 0 fully saturated rings. The SMILES string of the molecule is CCCCCCCCOCc1nc2c(C#N)c(S(=O)(=O)Nc3ccccc3)c(=Cc3ccc(N(CC)CC)cc3C)n2n1. The van der Waals surface area contributed by atoms with Gasteiger partial charge in [-0.05, 0) is 68.7 Å². The van der Waals surface area contributed by atoms with Crippen LogP contribution in [0.3, 0.4) is 0 Å². The Balaban J connectivity index is 1.74. The van der Waals surface area contributed by atoms with Crippen molar-refractivity contribution in [3.8, 4) is 6.07 Å². The van der Waals surface area contributed by atoms with Crippen molar-refractivity contribution in [2.45, 2.75) is 77.7 Å². The Morgan fingerprint density at radius 1 is 1.02 bits per heavy atom. The molecule has 4 rings (SSSR count). The summed E-state index contributed by atoms with van der Waals surface area (Å²) in [4.78, 5) is 6.65. The number of nitriles is 1. The number of rotatable bonds is 16. The van der Waals surface area contributed by atoms with Gasteiger partial charge < -0.3 is 9.64 Å². The third-order valence-corrected chi connectivity index (χ3v) is 8.97. The average molecular weight is 603 g/mol. The average Bonchev–Trinajstić information content (AvgIpc) is 3.54. The quantitative estimate of drug-likeness (QED) is 0.157. The van der Waals surface area contributed by atoms with E-state index < -0.39 is 10.0 Å². The number of aryl methyl sites for hydroxylation is 1. The molecule has 1 N–H and O–H groups in total. The highest BCUT2D eigenvalue weighted by Gasteiger charge is 2.29. The highest BCUT2D eigenvalue weighted by Crippen LogP contribution is 2.23. The lowest BCUT2D eigenvalue weighted by Gasteiger charge is -2.21. The third kappa shape index (κ3) is 7.72. The number of aromatic nitrogens is 3. The number of fused-ring (bicyclic) bond motifs is 1. The molecule has 0 bridgehead atoms. The van der Waals surface area contributed by atoms with Gasteiger partial charge in [0.15, 0.2) is 11.5 Å². The van der Waals surface area contributed by atoms with Gasteiger partial charge in [0, 0.05) is 31.1 Å². The molecule has 0 saturated carbocycles. The molecule has 43 heavy (non-hydrogen) atoms. The van der Waals surface area contributed by atoms with Crippen LogP contribution in [0.4, 0.5) is 11.4 Å². The van der Waals surface area contributed by atoms with Crippen molar-refractivity contribution in [3.63, 3.8) is 0 Å². The first-order valence-corrected chi connectivity index (χ1v) is 16.7. The first kappa shape index (κ1) is 32.0. The lowest BCUT2D eigenvalue weighted by molar-refractivity contribution is 0.111. The number of para-hydroxylation sites is 1. The van der Waals surface area contributed by atoms with E-state index in [1.165, 1.54) is 30.2 Å². The molecule has 0 spiro atoms. The minimum atomic E-state index is -4.17. The Hall–Kier alpha value is -3.94. The van der Waals surface area contributed by atoms with E-state index in [4.69, 9.17) is 4.74 Å². The van der Waals surface area contributed by atoms with Crippen LogP contribution in [0.1, 0.15) is 81.8 Å². The van der Waals surface area contributed by atoms with Crippen LogP contribution in [-0.2, 0) is 21.4 Å². The summed E-state index contributed by atoms with van der Waals surface area (Å²) in [6.07, 6.45) is 8.76. The van der Waals surface area contributed by atoms with E-state index in [1.807, 2.05) is 19.1 Å². The lowest BCUT2D eigenvalue weighted by atomic mass is 10.1. The van der Waals surface area contributed by atoms with Crippen LogP contribution in [-0.4, -0.2) is 42.7 Å². The number of anilines is 2. The van der Waals surface area contributed by atoms with Crippen LogP contribution in [0.5, 0.6) is 0 Å². The molecule has 0 aliphatic carbocycles. The van der Waals surface area contributed by atoms with Crippen LogP contribution < -0.4 is 15.0 Å². The van der Waals surface area contributed by atoms with Crippen LogP contribution in [0, 0.1) is 18.3 Å². The largest absolute Gasteiger partial charge is 0.373 e. The van der Waals surface area contributed by atoms with Crippen molar-refractivity contribution in [2.75, 3.05) is 29.3 Å². The summed E-state index contributed by atoms with van der Waals surface area (Å²) in [5, 5.41) is 15.1. The summed E-state index contributed by atoms with van der Waals surface area (Å²) < 4.78 is 37.5. The minimum absolute atomic E-state index is 0.0539. The van der Waals surface area contributed by atoms with Crippen molar-refractivity contribution < 1.29 is 13.2 Å². The van der Waals surface area contributed by atoms with Gasteiger partial charge in [-0.2, -0.15) is 5.26 Å². The van der Waals surface area contributed by atoms with Crippen molar-refractivity contribution in [3.05, 3.63) is 76.4 Å². The minimum Gasteiger partial charge on any atom is -0.373 e. The molecule has 9 nitrogen and oxygen atoms in total. The molecule has 0 amide bonds. The second kappa shape index (κ2) is 15.0. The van der Waals surface area contributed by atoms with Crippen LogP contribution in [0.15, 0.2) is 53.4 Å². The number of sulfonamides is 1. The highest BCUT2D eigenvalue weighted by atomic mass is 32.2. The monoisotopic (exact) mass is 602 g/mol. The maximum absolute atomic E-state index is 13.8. The summed E-state index contributed by atoms with van der Waals surface area (Å²) in [5.74, 6) is 0.403. The van der Waals surface area contributed by atoms with E-state index >= 15 is 0 Å². The van der Waals surface area contributed by atoms with Gasteiger partial charge in [-0.25, -0.2) is 17.9 Å². The predicted octanol–water partition coefficient (Wildman–Crippen LogP) is 5.98. The molecule has 0 unspecified atom stereocenters. The zero-order valence-electron chi connectivity index (χ0n) is 25.6. The Morgan fingerprint density at radius 2 is 1.74 bits per heavy atom. The molecular weight excluding hydrogens is 560 g/mol. The van der Waals surface area contributed by atoms with E-state index in [0.717, 1.165) is 42.7 Å². The first-order chi connectivity index (χ1) is 20.8. The zero-order chi connectivity index (χ0) is 30.8. The molecule has 0 aliphatic rings. The second-order valence-electron chi connectivity index (χ2n) is 10.6. The molecule has 2 aromatic carbocycles. The van der Waals surface area contributed by atoms with Gasteiger partial charge in [0.05, 0.1) is 5.35 Å². The molecule has 0 radical (unpaired) electrons. The molecule has 228 valence electrons. The van der Waals surface area contributed by atoms with Gasteiger partial charge in [-0.1, -0.05) is 63.3 Å². The van der Waals surface area contributed by atoms with Crippen molar-refractivity contribution in [1.82, 2.24) is 14.6 Å². The summed E-state index contributed by atoms with van der Waals surface area (Å²) in [6, 6.07) is 16.8. The van der Waals surface area contributed by atoms with Crippen LogP contribution in [0.25, 0.3) is 11.7 Å². The number of unbranched alkanes of at least 4 members (excludes halogenated alkanes) is 5. The Kier molecular flexibility index (Phi) is 11.1. The van der Waals surface area contributed by atoms with Gasteiger partial charge in [0.25, 0.3) is 10.0 Å². The van der Waals surface area contributed by atoms with Gasteiger partial charge in [-0.15, -0.1) is 5.10 Å². The Bertz CT molecular complexity index is 1710. The summed E-state index contributed by atoms with van der Waals surface area (Å²) in [5.41, 5.74) is 3.42. The molecule has 4 aromatic rings. The highest BCUT2D eigenvalue weighted by molar-refractivity contribution is 7.92. The number of nitrogens with one attached hydrogen (secondary N) is 1. The van der Waals surface area contributed by atoms with Gasteiger partial charge in [0.2, 0.25) is 0 Å². The van der Waals surface area contributed by atoms with E-state index in [2.05, 4.69) is 52.6 Å². The fourth-order valence-electron chi connectivity index (χ4n) is 5.19. The maximum atomic E-state index is 13.8. The lowest BCUT2D eigenvalue weighted by Crippen LogP contribution is -2.24. The predicted molar refractivity (Wildman–Crippen MR) is 172 cm³/mol. The van der Waals surface area contributed by atoms with Gasteiger partial charge in [0.1, 0.15) is 23.1 Å². The first-order valence-electron chi connectivity index (χ1n) is 15.2. The number of hydrogen-bond acceptors (Lipinski definition) is 7. The Morgan fingerprint density at radius 3 is 2.42 bits per heavy atom. The molecular formula is C33H42N6O3S.